The first-order valence-corrected chi connectivity index (χ1v) is 9.58. The Bertz CT molecular complexity index is 1010. The Morgan fingerprint density at radius 3 is 1.13 bits per heavy atom. The van der Waals surface area contributed by atoms with E-state index in [0.29, 0.717) is 0 Å². The van der Waals surface area contributed by atoms with E-state index in [1.165, 1.54) is 0 Å². The normalized spacial score (nSPS) is 10.3. The van der Waals surface area contributed by atoms with E-state index in [2.05, 4.69) is 0 Å². The van der Waals surface area contributed by atoms with Gasteiger partial charge in [0.05, 0.1) is 14.2 Å². The average molecular weight is 398 g/mol. The second-order valence-electron chi connectivity index (χ2n) is 6.61. The van der Waals surface area contributed by atoms with Gasteiger partial charge < -0.3 is 18.9 Å². The van der Waals surface area contributed by atoms with E-state index >= 15 is 0 Å². The van der Waals surface area contributed by atoms with E-state index in [1.54, 1.807) is 14.2 Å². The summed E-state index contributed by atoms with van der Waals surface area (Å²) in [5, 5.41) is 0. The second-order valence-corrected chi connectivity index (χ2v) is 6.61. The molecule has 4 aromatic rings. The van der Waals surface area contributed by atoms with E-state index in [1.807, 2.05) is 97.1 Å². The summed E-state index contributed by atoms with van der Waals surface area (Å²) in [5.41, 5.74) is 2.20. The Morgan fingerprint density at radius 2 is 0.767 bits per heavy atom. The highest BCUT2D eigenvalue weighted by molar-refractivity contribution is 5.65. The summed E-state index contributed by atoms with van der Waals surface area (Å²) < 4.78 is 22.3. The maximum Gasteiger partial charge on any atom is 0.131 e. The van der Waals surface area contributed by atoms with Crippen LogP contribution in [0.5, 0.6) is 34.5 Å². The zero-order chi connectivity index (χ0) is 20.8. The third kappa shape index (κ3) is 4.73. The lowest BCUT2D eigenvalue weighted by Crippen LogP contribution is -1.88. The van der Waals surface area contributed by atoms with Crippen molar-refractivity contribution in [3.8, 4) is 45.6 Å². The van der Waals surface area contributed by atoms with Gasteiger partial charge in [0.15, 0.2) is 0 Å². The summed E-state index contributed by atoms with van der Waals surface area (Å²) in [5.74, 6) is 4.54. The summed E-state index contributed by atoms with van der Waals surface area (Å²) in [6, 6.07) is 31.0. The predicted octanol–water partition coefficient (Wildman–Crippen LogP) is 6.96. The fraction of sp³-hybridized carbons (Fsp3) is 0.0769. The van der Waals surface area contributed by atoms with Crippen molar-refractivity contribution in [3.63, 3.8) is 0 Å². The van der Waals surface area contributed by atoms with Crippen molar-refractivity contribution in [2.45, 2.75) is 0 Å². The van der Waals surface area contributed by atoms with Crippen LogP contribution >= 0.6 is 0 Å². The molecule has 0 atom stereocenters. The molecule has 0 spiro atoms. The Morgan fingerprint density at radius 1 is 0.400 bits per heavy atom. The van der Waals surface area contributed by atoms with Gasteiger partial charge in [-0.1, -0.05) is 36.4 Å². The quantitative estimate of drug-likeness (QED) is 0.337. The molecule has 4 rings (SSSR count). The van der Waals surface area contributed by atoms with Crippen molar-refractivity contribution in [3.05, 3.63) is 97.1 Å². The van der Waals surface area contributed by atoms with Crippen LogP contribution in [-0.4, -0.2) is 14.2 Å². The van der Waals surface area contributed by atoms with Crippen molar-refractivity contribution in [1.29, 1.82) is 0 Å². The molecule has 0 heterocycles. The van der Waals surface area contributed by atoms with Gasteiger partial charge in [-0.3, -0.25) is 0 Å². The van der Waals surface area contributed by atoms with E-state index in [0.717, 1.165) is 45.6 Å². The molecule has 0 amide bonds. The zero-order valence-corrected chi connectivity index (χ0v) is 16.9. The van der Waals surface area contributed by atoms with E-state index < -0.39 is 0 Å². The monoisotopic (exact) mass is 398 g/mol. The second kappa shape index (κ2) is 9.05. The third-order valence-corrected chi connectivity index (χ3v) is 4.60. The lowest BCUT2D eigenvalue weighted by molar-refractivity contribution is 0.409. The van der Waals surface area contributed by atoms with Crippen molar-refractivity contribution >= 4 is 0 Å². The zero-order valence-electron chi connectivity index (χ0n) is 16.9. The molecule has 0 saturated heterocycles. The molecule has 150 valence electrons. The molecule has 0 N–H and O–H groups in total. The maximum absolute atomic E-state index is 5.91. The minimum absolute atomic E-state index is 0.737. The van der Waals surface area contributed by atoms with Gasteiger partial charge in [0.2, 0.25) is 0 Å². The number of hydrogen-bond donors (Lipinski definition) is 0. The number of benzene rings is 4. The smallest absolute Gasteiger partial charge is 0.131 e. The number of ether oxygens (including phenoxy) is 4. The maximum atomic E-state index is 5.91. The fourth-order valence-corrected chi connectivity index (χ4v) is 3.03. The molecule has 4 nitrogen and oxygen atoms in total. The highest BCUT2D eigenvalue weighted by Gasteiger charge is 2.04. The molecule has 0 radical (unpaired) electrons. The van der Waals surface area contributed by atoms with Crippen LogP contribution in [-0.2, 0) is 0 Å². The molecule has 4 heteroatoms. The van der Waals surface area contributed by atoms with Crippen molar-refractivity contribution in [2.24, 2.45) is 0 Å². The lowest BCUT2D eigenvalue weighted by Gasteiger charge is -2.10. The van der Waals surface area contributed by atoms with Gasteiger partial charge in [0, 0.05) is 12.1 Å². The highest BCUT2D eigenvalue weighted by atomic mass is 16.5. The van der Waals surface area contributed by atoms with E-state index in [9.17, 15) is 0 Å². The van der Waals surface area contributed by atoms with Crippen LogP contribution in [0.15, 0.2) is 97.1 Å². The van der Waals surface area contributed by atoms with Gasteiger partial charge in [0.1, 0.15) is 34.5 Å². The van der Waals surface area contributed by atoms with Crippen LogP contribution in [0, 0.1) is 0 Å². The van der Waals surface area contributed by atoms with Crippen LogP contribution in [0.25, 0.3) is 11.1 Å². The highest BCUT2D eigenvalue weighted by Crippen LogP contribution is 2.30. The van der Waals surface area contributed by atoms with Crippen LogP contribution in [0.1, 0.15) is 0 Å². The minimum atomic E-state index is 0.737. The van der Waals surface area contributed by atoms with Crippen LogP contribution in [0.4, 0.5) is 0 Å². The number of methoxy groups -OCH3 is 2. The molecule has 0 aliphatic rings. The molecular formula is C26H22O4. The molecule has 0 unspecified atom stereocenters. The summed E-state index contributed by atoms with van der Waals surface area (Å²) in [7, 11) is 3.28. The first-order chi connectivity index (χ1) is 14.7. The molecule has 0 aliphatic carbocycles. The largest absolute Gasteiger partial charge is 0.497 e. The first-order valence-electron chi connectivity index (χ1n) is 9.58. The Kier molecular flexibility index (Phi) is 5.85. The van der Waals surface area contributed by atoms with Gasteiger partial charge >= 0.3 is 0 Å². The number of hydrogen-bond acceptors (Lipinski definition) is 4. The fourth-order valence-electron chi connectivity index (χ4n) is 3.03. The van der Waals surface area contributed by atoms with E-state index in [4.69, 9.17) is 18.9 Å². The minimum Gasteiger partial charge on any atom is -0.497 e. The van der Waals surface area contributed by atoms with Crippen LogP contribution in [0.3, 0.4) is 0 Å². The van der Waals surface area contributed by atoms with Gasteiger partial charge in [0.25, 0.3) is 0 Å². The first kappa shape index (κ1) is 19.4. The Labute approximate surface area is 176 Å². The lowest BCUT2D eigenvalue weighted by atomic mass is 10.1. The predicted molar refractivity (Wildman–Crippen MR) is 118 cm³/mol. The summed E-state index contributed by atoms with van der Waals surface area (Å²) in [6.07, 6.45) is 0. The molecular weight excluding hydrogens is 376 g/mol. The van der Waals surface area contributed by atoms with Crippen LogP contribution < -0.4 is 18.9 Å². The third-order valence-electron chi connectivity index (χ3n) is 4.60. The molecule has 0 fully saturated rings. The molecule has 0 aliphatic heterocycles. The van der Waals surface area contributed by atoms with E-state index in [-0.39, 0.29) is 0 Å². The van der Waals surface area contributed by atoms with Crippen LogP contribution in [0.2, 0.25) is 0 Å². The SMILES string of the molecule is COc1cccc(Oc2ccc(-c3ccc(Oc4cccc(OC)c4)cc3)cc2)c1. The molecule has 0 bridgehead atoms. The van der Waals surface area contributed by atoms with Crippen molar-refractivity contribution in [2.75, 3.05) is 14.2 Å². The standard InChI is InChI=1S/C26H22O4/c1-27-23-5-3-7-25(17-23)29-21-13-9-19(10-14-21)20-11-15-22(16-12-20)30-26-8-4-6-24(18-26)28-2/h3-18H,1-2H3. The summed E-state index contributed by atoms with van der Waals surface area (Å²) in [6.45, 7) is 0. The van der Waals surface area contributed by atoms with Gasteiger partial charge in [-0.05, 0) is 59.7 Å². The molecule has 4 aromatic carbocycles. The van der Waals surface area contributed by atoms with Gasteiger partial charge in [-0.15, -0.1) is 0 Å². The topological polar surface area (TPSA) is 36.9 Å². The Hall–Kier alpha value is -3.92. The van der Waals surface area contributed by atoms with Crippen molar-refractivity contribution in [1.82, 2.24) is 0 Å². The summed E-state index contributed by atoms with van der Waals surface area (Å²) >= 11 is 0. The number of rotatable bonds is 7. The Balaban J connectivity index is 1.43. The van der Waals surface area contributed by atoms with Crippen molar-refractivity contribution < 1.29 is 18.9 Å². The summed E-state index contributed by atoms with van der Waals surface area (Å²) in [4.78, 5) is 0. The van der Waals surface area contributed by atoms with Gasteiger partial charge in [-0.25, -0.2) is 0 Å². The molecule has 0 aromatic heterocycles. The van der Waals surface area contributed by atoms with Gasteiger partial charge in [-0.2, -0.15) is 0 Å². The average Bonchev–Trinajstić information content (AvgIpc) is 2.80. The molecule has 30 heavy (non-hydrogen) atoms. The molecule has 0 saturated carbocycles.